The summed E-state index contributed by atoms with van der Waals surface area (Å²) in [5, 5.41) is 10.2. The van der Waals surface area contributed by atoms with Gasteiger partial charge in [-0.1, -0.05) is 48.5 Å². The number of guanidine groups is 1. The standard InChI is InChI=1S/C16H14N3O2/c17-15(18)19-16(20)21-9-14-12-7-3-1-5-10(12)11-6-2-4-8-13(11)14/h1-8,14H,9H2,(H3,17,18). The van der Waals surface area contributed by atoms with Gasteiger partial charge in [0.25, 0.3) is 0 Å². The van der Waals surface area contributed by atoms with Gasteiger partial charge in [-0.15, -0.1) is 5.32 Å². The Morgan fingerprint density at radius 3 is 2.14 bits per heavy atom. The Hall–Kier alpha value is -2.82. The molecule has 0 spiro atoms. The van der Waals surface area contributed by atoms with Gasteiger partial charge in [-0.25, -0.2) is 4.79 Å². The number of nitrogens with two attached hydrogens (primary N) is 1. The molecule has 1 amide bonds. The highest BCUT2D eigenvalue weighted by atomic mass is 16.5. The quantitative estimate of drug-likeness (QED) is 0.654. The van der Waals surface area contributed by atoms with Gasteiger partial charge in [0.1, 0.15) is 6.61 Å². The number of hydrogen-bond donors (Lipinski definition) is 2. The largest absolute Gasteiger partial charge is 0.447 e. The smallest absolute Gasteiger partial charge is 0.436 e. The van der Waals surface area contributed by atoms with Gasteiger partial charge in [-0.05, 0) is 22.3 Å². The molecule has 5 heteroatoms. The molecule has 1 radical (unpaired) electrons. The Balaban J connectivity index is 1.85. The third-order valence-electron chi connectivity index (χ3n) is 3.55. The molecular formula is C16H14N3O2. The molecular weight excluding hydrogens is 266 g/mol. The van der Waals surface area contributed by atoms with Crippen LogP contribution in [0.25, 0.3) is 11.1 Å². The summed E-state index contributed by atoms with van der Waals surface area (Å²) < 4.78 is 5.12. The van der Waals surface area contributed by atoms with Crippen molar-refractivity contribution < 1.29 is 9.53 Å². The lowest BCUT2D eigenvalue weighted by Gasteiger charge is -2.13. The fourth-order valence-corrected chi connectivity index (χ4v) is 2.72. The van der Waals surface area contributed by atoms with Crippen molar-refractivity contribution in [3.63, 3.8) is 0 Å². The van der Waals surface area contributed by atoms with Crippen LogP contribution >= 0.6 is 0 Å². The van der Waals surface area contributed by atoms with Gasteiger partial charge in [0, 0.05) is 5.92 Å². The molecule has 21 heavy (non-hydrogen) atoms. The van der Waals surface area contributed by atoms with Crippen molar-refractivity contribution >= 4 is 12.1 Å². The molecule has 1 aliphatic carbocycles. The molecule has 3 rings (SSSR count). The maximum absolute atomic E-state index is 11.4. The van der Waals surface area contributed by atoms with Crippen molar-refractivity contribution in [3.8, 4) is 11.1 Å². The molecule has 0 aromatic heterocycles. The monoisotopic (exact) mass is 280 g/mol. The molecule has 1 aliphatic rings. The molecule has 0 fully saturated rings. The van der Waals surface area contributed by atoms with Crippen LogP contribution < -0.4 is 11.1 Å². The summed E-state index contributed by atoms with van der Waals surface area (Å²) in [6.07, 6.45) is -0.829. The van der Waals surface area contributed by atoms with E-state index in [-0.39, 0.29) is 12.5 Å². The summed E-state index contributed by atoms with van der Waals surface area (Å²) in [7, 11) is 0. The van der Waals surface area contributed by atoms with Gasteiger partial charge in [0.2, 0.25) is 5.96 Å². The second-order valence-corrected chi connectivity index (χ2v) is 4.80. The second kappa shape index (κ2) is 5.28. The van der Waals surface area contributed by atoms with E-state index in [0.717, 1.165) is 22.3 Å². The van der Waals surface area contributed by atoms with Gasteiger partial charge in [-0.2, -0.15) is 0 Å². The highest BCUT2D eigenvalue weighted by Gasteiger charge is 2.29. The van der Waals surface area contributed by atoms with Crippen LogP contribution in [0.5, 0.6) is 0 Å². The van der Waals surface area contributed by atoms with Crippen molar-refractivity contribution in [2.45, 2.75) is 5.92 Å². The van der Waals surface area contributed by atoms with E-state index >= 15 is 0 Å². The van der Waals surface area contributed by atoms with Gasteiger partial charge in [0.05, 0.1) is 0 Å². The molecule has 0 saturated heterocycles. The summed E-state index contributed by atoms with van der Waals surface area (Å²) in [4.78, 5) is 11.4. The summed E-state index contributed by atoms with van der Waals surface area (Å²) in [6, 6.07) is 16.1. The van der Waals surface area contributed by atoms with Crippen LogP contribution in [0, 0.1) is 5.41 Å². The van der Waals surface area contributed by atoms with E-state index < -0.39 is 12.1 Å². The van der Waals surface area contributed by atoms with Crippen LogP contribution in [-0.2, 0) is 4.74 Å². The second-order valence-electron chi connectivity index (χ2n) is 4.80. The van der Waals surface area contributed by atoms with E-state index in [2.05, 4.69) is 17.4 Å². The highest BCUT2D eigenvalue weighted by Crippen LogP contribution is 2.44. The van der Waals surface area contributed by atoms with Crippen molar-refractivity contribution in [2.24, 2.45) is 5.73 Å². The van der Waals surface area contributed by atoms with Crippen LogP contribution in [0.2, 0.25) is 0 Å². The Morgan fingerprint density at radius 1 is 1.10 bits per heavy atom. The molecule has 2 aromatic carbocycles. The minimum absolute atomic E-state index is 0.0106. The molecule has 2 aromatic rings. The number of fused-ring (bicyclic) bond motifs is 3. The summed E-state index contributed by atoms with van der Waals surface area (Å²) in [5.41, 5.74) is 9.64. The fraction of sp³-hybridized carbons (Fsp3) is 0.125. The Kier molecular flexibility index (Phi) is 3.31. The molecule has 0 saturated carbocycles. The van der Waals surface area contributed by atoms with E-state index in [1.54, 1.807) is 0 Å². The molecule has 0 heterocycles. The van der Waals surface area contributed by atoms with Gasteiger partial charge in [-0.3, -0.25) is 5.41 Å². The first kappa shape index (κ1) is 13.2. The zero-order valence-electron chi connectivity index (χ0n) is 11.2. The summed E-state index contributed by atoms with van der Waals surface area (Å²) in [5.74, 6) is -0.560. The molecule has 0 unspecified atom stereocenters. The van der Waals surface area contributed by atoms with Crippen molar-refractivity contribution in [1.29, 1.82) is 5.41 Å². The zero-order chi connectivity index (χ0) is 14.8. The predicted molar refractivity (Wildman–Crippen MR) is 79.1 cm³/mol. The predicted octanol–water partition coefficient (Wildman–Crippen LogP) is 2.43. The first-order valence-electron chi connectivity index (χ1n) is 6.57. The third kappa shape index (κ3) is 2.45. The number of nitrogens with zero attached hydrogens (tertiary/aromatic N) is 1. The number of carbonyl (C=O) groups excluding carboxylic acids is 1. The van der Waals surface area contributed by atoms with E-state index in [4.69, 9.17) is 15.9 Å². The van der Waals surface area contributed by atoms with Crippen LogP contribution in [-0.4, -0.2) is 18.7 Å². The number of hydrogen-bond acceptors (Lipinski definition) is 3. The summed E-state index contributed by atoms with van der Waals surface area (Å²) >= 11 is 0. The molecule has 0 aliphatic heterocycles. The van der Waals surface area contributed by atoms with Crippen LogP contribution in [0.3, 0.4) is 0 Å². The number of amides is 1. The Labute approximate surface area is 122 Å². The van der Waals surface area contributed by atoms with E-state index in [1.807, 2.05) is 36.4 Å². The van der Waals surface area contributed by atoms with Crippen molar-refractivity contribution in [2.75, 3.05) is 6.61 Å². The molecule has 0 bridgehead atoms. The maximum atomic E-state index is 11.4. The SMILES string of the molecule is N=C(N)[N]C(=O)OCC1c2ccccc2-c2ccccc21. The zero-order valence-corrected chi connectivity index (χ0v) is 11.2. The van der Waals surface area contributed by atoms with E-state index in [0.29, 0.717) is 0 Å². The topological polar surface area (TPSA) is 90.3 Å². The maximum Gasteiger partial charge on any atom is 0.436 e. The summed E-state index contributed by atoms with van der Waals surface area (Å²) in [6.45, 7) is 0.184. The molecule has 105 valence electrons. The van der Waals surface area contributed by atoms with Crippen LogP contribution in [0.15, 0.2) is 48.5 Å². The number of benzene rings is 2. The van der Waals surface area contributed by atoms with Gasteiger partial charge >= 0.3 is 6.09 Å². The van der Waals surface area contributed by atoms with Crippen molar-refractivity contribution in [1.82, 2.24) is 5.32 Å². The molecule has 0 atom stereocenters. The minimum atomic E-state index is -0.829. The number of ether oxygens (including phenoxy) is 1. The third-order valence-corrected chi connectivity index (χ3v) is 3.55. The minimum Gasteiger partial charge on any atom is -0.447 e. The number of carbonyl (C=O) groups is 1. The lowest BCUT2D eigenvalue weighted by molar-refractivity contribution is 0.147. The highest BCUT2D eigenvalue weighted by molar-refractivity contribution is 5.90. The first-order chi connectivity index (χ1) is 10.2. The lowest BCUT2D eigenvalue weighted by Crippen LogP contribution is -2.30. The Morgan fingerprint density at radius 2 is 1.62 bits per heavy atom. The average molecular weight is 280 g/mol. The number of nitrogens with one attached hydrogen (secondary N) is 1. The van der Waals surface area contributed by atoms with E-state index in [1.165, 1.54) is 0 Å². The van der Waals surface area contributed by atoms with Gasteiger partial charge in [0.15, 0.2) is 0 Å². The van der Waals surface area contributed by atoms with Gasteiger partial charge < -0.3 is 10.5 Å². The molecule has 5 nitrogen and oxygen atoms in total. The van der Waals surface area contributed by atoms with Crippen LogP contribution in [0.4, 0.5) is 4.79 Å². The normalized spacial score (nSPS) is 12.4. The molecule has 3 N–H and O–H groups in total. The lowest BCUT2D eigenvalue weighted by atomic mass is 9.98. The first-order valence-corrected chi connectivity index (χ1v) is 6.57. The fourth-order valence-electron chi connectivity index (χ4n) is 2.72. The Bertz CT molecular complexity index is 667. The van der Waals surface area contributed by atoms with Crippen LogP contribution in [0.1, 0.15) is 17.0 Å². The van der Waals surface area contributed by atoms with E-state index in [9.17, 15) is 4.79 Å². The van der Waals surface area contributed by atoms with Crippen molar-refractivity contribution in [3.05, 3.63) is 59.7 Å². The number of rotatable bonds is 2. The average Bonchev–Trinajstić information content (AvgIpc) is 2.79.